The van der Waals surface area contributed by atoms with Crippen LogP contribution in [0.15, 0.2) is 24.5 Å². The number of rotatable bonds is 2. The van der Waals surface area contributed by atoms with Crippen LogP contribution in [0.2, 0.25) is 0 Å². The van der Waals surface area contributed by atoms with E-state index in [0.29, 0.717) is 17.9 Å². The zero-order valence-electron chi connectivity index (χ0n) is 12.8. The van der Waals surface area contributed by atoms with Crippen LogP contribution in [0.1, 0.15) is 37.6 Å². The largest absolute Gasteiger partial charge is 0.361 e. The number of nitrogens with one attached hydrogen (secondary N) is 2. The van der Waals surface area contributed by atoms with Gasteiger partial charge in [-0.1, -0.05) is 12.6 Å². The maximum absolute atomic E-state index is 12.8. The van der Waals surface area contributed by atoms with Crippen LogP contribution in [0.5, 0.6) is 0 Å². The summed E-state index contributed by atoms with van der Waals surface area (Å²) in [5.74, 6) is 0.225. The third-order valence-electron chi connectivity index (χ3n) is 4.23. The van der Waals surface area contributed by atoms with Gasteiger partial charge in [-0.15, -0.1) is 4.98 Å². The van der Waals surface area contributed by atoms with Gasteiger partial charge in [0.15, 0.2) is 5.69 Å². The number of fused-ring (bicyclic) bond motifs is 1. The molecule has 0 saturated carbocycles. The zero-order chi connectivity index (χ0) is 16.0. The SMILES string of the molecule is [C-]#[N+]c1ccc2c(n1)C(C)(Cc1cn[nH]c1)C(=O)NC2(C)C. The van der Waals surface area contributed by atoms with Crippen LogP contribution in [0.4, 0.5) is 5.82 Å². The summed E-state index contributed by atoms with van der Waals surface area (Å²) in [6, 6.07) is 3.59. The molecule has 1 aliphatic heterocycles. The first kappa shape index (κ1) is 14.3. The van der Waals surface area contributed by atoms with Gasteiger partial charge in [-0.3, -0.25) is 9.89 Å². The molecule has 1 aliphatic rings. The van der Waals surface area contributed by atoms with Crippen molar-refractivity contribution in [3.05, 3.63) is 52.8 Å². The highest BCUT2D eigenvalue weighted by atomic mass is 16.2. The molecule has 0 fully saturated rings. The Kier molecular flexibility index (Phi) is 3.03. The lowest BCUT2D eigenvalue weighted by Crippen LogP contribution is -2.57. The van der Waals surface area contributed by atoms with E-state index in [1.807, 2.05) is 26.8 Å². The molecule has 0 spiro atoms. The minimum Gasteiger partial charge on any atom is -0.361 e. The second-order valence-electron chi connectivity index (χ2n) is 6.37. The van der Waals surface area contributed by atoms with Gasteiger partial charge in [0.05, 0.1) is 11.7 Å². The van der Waals surface area contributed by atoms with Gasteiger partial charge in [-0.2, -0.15) is 5.10 Å². The predicted molar refractivity (Wildman–Crippen MR) is 81.3 cm³/mol. The van der Waals surface area contributed by atoms with E-state index < -0.39 is 11.0 Å². The monoisotopic (exact) mass is 295 g/mol. The first-order valence-corrected chi connectivity index (χ1v) is 7.06. The van der Waals surface area contributed by atoms with E-state index in [1.54, 1.807) is 18.5 Å². The topological polar surface area (TPSA) is 75.0 Å². The summed E-state index contributed by atoms with van der Waals surface area (Å²) in [6.07, 6.45) is 3.96. The van der Waals surface area contributed by atoms with Crippen molar-refractivity contribution in [3.8, 4) is 0 Å². The number of pyridine rings is 1. The molecule has 0 bridgehead atoms. The van der Waals surface area contributed by atoms with Crippen LogP contribution in [0.25, 0.3) is 4.85 Å². The lowest BCUT2D eigenvalue weighted by Gasteiger charge is -2.40. The molecule has 6 nitrogen and oxygen atoms in total. The number of aromatic amines is 1. The molecule has 0 aromatic carbocycles. The van der Waals surface area contributed by atoms with Crippen LogP contribution in [0, 0.1) is 6.57 Å². The number of carbonyl (C=O) groups excluding carboxylic acids is 1. The molecule has 2 aromatic rings. The van der Waals surface area contributed by atoms with Gasteiger partial charge in [0.25, 0.3) is 5.82 Å². The highest BCUT2D eigenvalue weighted by molar-refractivity contribution is 5.91. The molecule has 0 radical (unpaired) electrons. The van der Waals surface area contributed by atoms with E-state index in [0.717, 1.165) is 11.1 Å². The minimum atomic E-state index is -0.824. The molecule has 3 rings (SSSR count). The van der Waals surface area contributed by atoms with Crippen molar-refractivity contribution < 1.29 is 4.79 Å². The van der Waals surface area contributed by atoms with Crippen LogP contribution >= 0.6 is 0 Å². The van der Waals surface area contributed by atoms with Crippen molar-refractivity contribution in [3.63, 3.8) is 0 Å². The molecule has 0 aliphatic carbocycles. The van der Waals surface area contributed by atoms with Gasteiger partial charge < -0.3 is 10.2 Å². The Balaban J connectivity index is 2.19. The summed E-state index contributed by atoms with van der Waals surface area (Å²) in [6.45, 7) is 12.9. The molecule has 3 heterocycles. The van der Waals surface area contributed by atoms with Crippen molar-refractivity contribution in [2.24, 2.45) is 0 Å². The lowest BCUT2D eigenvalue weighted by molar-refractivity contribution is -0.129. The minimum absolute atomic E-state index is 0.0826. The molecule has 1 amide bonds. The summed E-state index contributed by atoms with van der Waals surface area (Å²) >= 11 is 0. The van der Waals surface area contributed by atoms with Crippen molar-refractivity contribution >= 4 is 11.7 Å². The summed E-state index contributed by atoms with van der Waals surface area (Å²) in [4.78, 5) is 20.6. The lowest BCUT2D eigenvalue weighted by atomic mass is 9.71. The van der Waals surface area contributed by atoms with E-state index in [4.69, 9.17) is 6.57 Å². The standard InChI is InChI=1S/C16H17N5O/c1-15(2)11-5-6-12(17-4)20-13(11)16(3,14(22)21-15)7-10-8-18-19-9-10/h5-6,8-9H,7H2,1-3H3,(H,18,19)(H,21,22). The second kappa shape index (κ2) is 4.67. The summed E-state index contributed by atoms with van der Waals surface area (Å²) in [5, 5.41) is 9.77. The van der Waals surface area contributed by atoms with Crippen molar-refractivity contribution in [1.82, 2.24) is 20.5 Å². The molecule has 6 heteroatoms. The first-order valence-electron chi connectivity index (χ1n) is 7.06. The molecule has 112 valence electrons. The third-order valence-corrected chi connectivity index (χ3v) is 4.23. The van der Waals surface area contributed by atoms with Crippen LogP contribution in [0.3, 0.4) is 0 Å². The second-order valence-corrected chi connectivity index (χ2v) is 6.37. The first-order chi connectivity index (χ1) is 10.4. The van der Waals surface area contributed by atoms with Crippen LogP contribution in [-0.2, 0) is 22.2 Å². The van der Waals surface area contributed by atoms with E-state index in [1.165, 1.54) is 0 Å². The summed E-state index contributed by atoms with van der Waals surface area (Å²) in [5.41, 5.74) is 1.23. The van der Waals surface area contributed by atoms with Gasteiger partial charge in [-0.25, -0.2) is 0 Å². The van der Waals surface area contributed by atoms with Crippen molar-refractivity contribution in [2.45, 2.75) is 38.1 Å². The number of aromatic nitrogens is 3. The number of nitrogens with zero attached hydrogens (tertiary/aromatic N) is 3. The smallest absolute Gasteiger partial charge is 0.269 e. The molecule has 1 unspecified atom stereocenters. The van der Waals surface area contributed by atoms with E-state index in [9.17, 15) is 4.79 Å². The molecule has 1 atom stereocenters. The maximum atomic E-state index is 12.8. The van der Waals surface area contributed by atoms with Crippen molar-refractivity contribution in [1.29, 1.82) is 0 Å². The quantitative estimate of drug-likeness (QED) is 0.834. The third kappa shape index (κ3) is 2.06. The number of amides is 1. The average Bonchev–Trinajstić information content (AvgIpc) is 2.97. The Morgan fingerprint density at radius 3 is 2.73 bits per heavy atom. The number of carbonyl (C=O) groups is 1. The summed E-state index contributed by atoms with van der Waals surface area (Å²) < 4.78 is 0. The summed E-state index contributed by atoms with van der Waals surface area (Å²) in [7, 11) is 0. The number of H-pyrrole nitrogens is 1. The van der Waals surface area contributed by atoms with E-state index in [-0.39, 0.29) is 5.91 Å². The fourth-order valence-corrected chi connectivity index (χ4v) is 2.98. The molecular weight excluding hydrogens is 278 g/mol. The molecule has 22 heavy (non-hydrogen) atoms. The predicted octanol–water partition coefficient (Wildman–Crippen LogP) is 2.22. The van der Waals surface area contributed by atoms with Crippen molar-refractivity contribution in [2.75, 3.05) is 0 Å². The van der Waals surface area contributed by atoms with Gasteiger partial charge in [0, 0.05) is 11.8 Å². The fraction of sp³-hybridized carbons (Fsp3) is 0.375. The highest BCUT2D eigenvalue weighted by Gasteiger charge is 2.49. The average molecular weight is 295 g/mol. The van der Waals surface area contributed by atoms with E-state index >= 15 is 0 Å². The van der Waals surface area contributed by atoms with Gasteiger partial charge >= 0.3 is 0 Å². The van der Waals surface area contributed by atoms with Crippen LogP contribution < -0.4 is 5.32 Å². The van der Waals surface area contributed by atoms with Crippen LogP contribution in [-0.4, -0.2) is 21.1 Å². The molecule has 0 saturated heterocycles. The Labute approximate surface area is 128 Å². The maximum Gasteiger partial charge on any atom is 0.269 e. The van der Waals surface area contributed by atoms with Gasteiger partial charge in [-0.05, 0) is 38.8 Å². The number of hydrogen-bond donors (Lipinski definition) is 2. The Morgan fingerprint density at radius 1 is 1.32 bits per heavy atom. The zero-order valence-corrected chi connectivity index (χ0v) is 12.8. The number of hydrogen-bond acceptors (Lipinski definition) is 3. The highest BCUT2D eigenvalue weighted by Crippen LogP contribution is 2.40. The Morgan fingerprint density at radius 2 is 2.09 bits per heavy atom. The Hall–Kier alpha value is -2.68. The Bertz CT molecular complexity index is 772. The van der Waals surface area contributed by atoms with Gasteiger partial charge in [0.2, 0.25) is 5.91 Å². The molecule has 2 N–H and O–H groups in total. The molecular formula is C16H17N5O. The molecule has 2 aromatic heterocycles. The fourth-order valence-electron chi connectivity index (χ4n) is 2.98. The normalized spacial score (nSPS) is 22.5. The van der Waals surface area contributed by atoms with Gasteiger partial charge in [0.1, 0.15) is 5.41 Å². The van der Waals surface area contributed by atoms with E-state index in [2.05, 4.69) is 25.3 Å².